The summed E-state index contributed by atoms with van der Waals surface area (Å²) in [5, 5.41) is 13.9. The van der Waals surface area contributed by atoms with E-state index in [0.29, 0.717) is 19.0 Å². The Morgan fingerprint density at radius 3 is 2.75 bits per heavy atom. The van der Waals surface area contributed by atoms with Crippen molar-refractivity contribution in [3.63, 3.8) is 0 Å². The fraction of sp³-hybridized carbons (Fsp3) is 0.636. The van der Waals surface area contributed by atoms with E-state index in [1.54, 1.807) is 0 Å². The van der Waals surface area contributed by atoms with Crippen LogP contribution in [-0.4, -0.2) is 37.8 Å². The molecular formula is C11H17N3O4S2. The van der Waals surface area contributed by atoms with Crippen molar-refractivity contribution in [3.05, 3.63) is 16.2 Å². The maximum Gasteiger partial charge on any atom is 0.304 e. The number of thiophene rings is 1. The van der Waals surface area contributed by atoms with Gasteiger partial charge in [-0.3, -0.25) is 10.1 Å². The summed E-state index contributed by atoms with van der Waals surface area (Å²) in [5.41, 5.74) is -0.193. The minimum atomic E-state index is -3.63. The molecule has 20 heavy (non-hydrogen) atoms. The highest BCUT2D eigenvalue weighted by Gasteiger charge is 2.32. The second kappa shape index (κ2) is 5.66. The number of hydrogen-bond acceptors (Lipinski definition) is 6. The van der Waals surface area contributed by atoms with Gasteiger partial charge in [0.25, 0.3) is 10.0 Å². The van der Waals surface area contributed by atoms with E-state index in [-0.39, 0.29) is 14.9 Å². The fourth-order valence-corrected chi connectivity index (χ4v) is 5.33. The molecule has 7 nitrogen and oxygen atoms in total. The molecule has 112 valence electrons. The number of sulfonamides is 1. The fourth-order valence-electron chi connectivity index (χ4n) is 2.29. The monoisotopic (exact) mass is 319 g/mol. The van der Waals surface area contributed by atoms with Crippen molar-refractivity contribution < 1.29 is 13.3 Å². The Morgan fingerprint density at radius 1 is 1.55 bits per heavy atom. The van der Waals surface area contributed by atoms with Crippen molar-refractivity contribution in [2.45, 2.75) is 24.0 Å². The molecule has 0 spiro atoms. The van der Waals surface area contributed by atoms with E-state index >= 15 is 0 Å². The summed E-state index contributed by atoms with van der Waals surface area (Å²) in [6.07, 6.45) is 1.84. The minimum absolute atomic E-state index is 0.0302. The van der Waals surface area contributed by atoms with Crippen LogP contribution in [0.2, 0.25) is 0 Å². The van der Waals surface area contributed by atoms with Crippen LogP contribution in [0.15, 0.2) is 10.3 Å². The van der Waals surface area contributed by atoms with Gasteiger partial charge >= 0.3 is 5.69 Å². The summed E-state index contributed by atoms with van der Waals surface area (Å²) in [6.45, 7) is 2.97. The van der Waals surface area contributed by atoms with Crippen molar-refractivity contribution >= 4 is 32.0 Å². The van der Waals surface area contributed by atoms with E-state index in [4.69, 9.17) is 0 Å². The second-order valence-corrected chi connectivity index (χ2v) is 8.11. The van der Waals surface area contributed by atoms with Gasteiger partial charge in [0, 0.05) is 26.2 Å². The number of rotatable bonds is 4. The normalized spacial score (nSPS) is 20.8. The molecule has 1 aromatic heterocycles. The quantitative estimate of drug-likeness (QED) is 0.678. The zero-order valence-electron chi connectivity index (χ0n) is 11.3. The third-order valence-corrected chi connectivity index (χ3v) is 6.78. The smallest absolute Gasteiger partial charge is 0.304 e. The molecule has 1 saturated heterocycles. The second-order valence-electron chi connectivity index (χ2n) is 4.90. The van der Waals surface area contributed by atoms with Gasteiger partial charge in [-0.15, -0.1) is 0 Å². The summed E-state index contributed by atoms with van der Waals surface area (Å²) in [6, 6.07) is 1.14. The van der Waals surface area contributed by atoms with Gasteiger partial charge in [-0.25, -0.2) is 8.42 Å². The summed E-state index contributed by atoms with van der Waals surface area (Å²) in [4.78, 5) is 10.3. The molecule has 1 fully saturated rings. The number of anilines is 1. The van der Waals surface area contributed by atoms with Crippen LogP contribution < -0.4 is 5.32 Å². The molecule has 1 unspecified atom stereocenters. The van der Waals surface area contributed by atoms with Crippen LogP contribution in [0.25, 0.3) is 0 Å². The van der Waals surface area contributed by atoms with Crippen molar-refractivity contribution in [1.82, 2.24) is 4.31 Å². The predicted molar refractivity (Wildman–Crippen MR) is 77.7 cm³/mol. The summed E-state index contributed by atoms with van der Waals surface area (Å²) in [7, 11) is -2.09. The molecule has 0 saturated carbocycles. The van der Waals surface area contributed by atoms with Crippen molar-refractivity contribution in [3.8, 4) is 0 Å². The first-order valence-corrected chi connectivity index (χ1v) is 8.58. The number of piperidine rings is 1. The Bertz CT molecular complexity index is 611. The number of nitrogens with zero attached hydrogens (tertiary/aromatic N) is 2. The van der Waals surface area contributed by atoms with Gasteiger partial charge < -0.3 is 5.32 Å². The standard InChI is InChI=1S/C11H17N3O4S2/c1-8-4-3-5-13(7-8)20(17,18)10-6-9(14(15)16)11(12-2)19-10/h6,8,12H,3-5,7H2,1-2H3. The van der Waals surface area contributed by atoms with Crippen LogP contribution in [0.5, 0.6) is 0 Å². The summed E-state index contributed by atoms with van der Waals surface area (Å²) in [5.74, 6) is 0.317. The molecule has 1 aliphatic rings. The molecule has 0 aromatic carbocycles. The lowest BCUT2D eigenvalue weighted by Gasteiger charge is -2.29. The van der Waals surface area contributed by atoms with Gasteiger partial charge in [-0.1, -0.05) is 18.3 Å². The summed E-state index contributed by atoms with van der Waals surface area (Å²) < 4.78 is 26.5. The van der Waals surface area contributed by atoms with Crippen molar-refractivity contribution in [2.24, 2.45) is 5.92 Å². The van der Waals surface area contributed by atoms with E-state index in [2.05, 4.69) is 5.32 Å². The van der Waals surface area contributed by atoms with E-state index in [1.165, 1.54) is 11.4 Å². The van der Waals surface area contributed by atoms with Crippen molar-refractivity contribution in [2.75, 3.05) is 25.5 Å². The average molecular weight is 319 g/mol. The van der Waals surface area contributed by atoms with E-state index in [1.807, 2.05) is 6.92 Å². The topological polar surface area (TPSA) is 92.6 Å². The number of nitro groups is 1. The van der Waals surface area contributed by atoms with Gasteiger partial charge in [0.15, 0.2) is 5.00 Å². The lowest BCUT2D eigenvalue weighted by Crippen LogP contribution is -2.38. The molecule has 0 aliphatic carbocycles. The van der Waals surface area contributed by atoms with Crippen LogP contribution in [0, 0.1) is 16.0 Å². The SMILES string of the molecule is CNc1sc(S(=O)(=O)N2CCCC(C)C2)cc1[N+](=O)[O-]. The van der Waals surface area contributed by atoms with Gasteiger partial charge in [-0.05, 0) is 18.8 Å². The van der Waals surface area contributed by atoms with Gasteiger partial charge in [-0.2, -0.15) is 4.31 Å². The molecule has 0 bridgehead atoms. The van der Waals surface area contributed by atoms with Crippen LogP contribution in [0.1, 0.15) is 19.8 Å². The highest BCUT2D eigenvalue weighted by molar-refractivity contribution is 7.91. The van der Waals surface area contributed by atoms with E-state index < -0.39 is 14.9 Å². The minimum Gasteiger partial charge on any atom is -0.374 e. The molecule has 1 N–H and O–H groups in total. The largest absolute Gasteiger partial charge is 0.374 e. The lowest BCUT2D eigenvalue weighted by atomic mass is 10.0. The Morgan fingerprint density at radius 2 is 2.25 bits per heavy atom. The first-order chi connectivity index (χ1) is 9.36. The maximum atomic E-state index is 12.5. The molecule has 1 aromatic rings. The molecule has 0 amide bonds. The van der Waals surface area contributed by atoms with Crippen LogP contribution in [0.4, 0.5) is 10.7 Å². The predicted octanol–water partition coefficient (Wildman–Crippen LogP) is 2.12. The Labute approximate surface area is 121 Å². The van der Waals surface area contributed by atoms with Crippen molar-refractivity contribution in [1.29, 1.82) is 0 Å². The first-order valence-electron chi connectivity index (χ1n) is 6.32. The molecule has 2 rings (SSSR count). The summed E-state index contributed by atoms with van der Waals surface area (Å²) >= 11 is 0.907. The van der Waals surface area contributed by atoms with Crippen LogP contribution in [0.3, 0.4) is 0 Å². The highest BCUT2D eigenvalue weighted by atomic mass is 32.2. The van der Waals surface area contributed by atoms with Crippen LogP contribution in [-0.2, 0) is 10.0 Å². The zero-order chi connectivity index (χ0) is 14.9. The third kappa shape index (κ3) is 2.79. The Hall–Kier alpha value is -1.19. The molecule has 9 heteroatoms. The van der Waals surface area contributed by atoms with Gasteiger partial charge in [0.2, 0.25) is 0 Å². The molecule has 1 atom stereocenters. The zero-order valence-corrected chi connectivity index (χ0v) is 13.0. The number of nitrogens with one attached hydrogen (secondary N) is 1. The molecular weight excluding hydrogens is 302 g/mol. The average Bonchev–Trinajstić information content (AvgIpc) is 2.83. The third-order valence-electron chi connectivity index (χ3n) is 3.33. The van der Waals surface area contributed by atoms with Crippen LogP contribution >= 0.6 is 11.3 Å². The Balaban J connectivity index is 2.36. The maximum absolute atomic E-state index is 12.5. The number of hydrogen-bond donors (Lipinski definition) is 1. The van der Waals surface area contributed by atoms with E-state index in [0.717, 1.165) is 30.2 Å². The lowest BCUT2D eigenvalue weighted by molar-refractivity contribution is -0.383. The van der Waals surface area contributed by atoms with E-state index in [9.17, 15) is 18.5 Å². The van der Waals surface area contributed by atoms with Gasteiger partial charge in [0.05, 0.1) is 4.92 Å². The molecule has 0 radical (unpaired) electrons. The molecule has 2 heterocycles. The Kier molecular flexibility index (Phi) is 4.31. The highest BCUT2D eigenvalue weighted by Crippen LogP contribution is 2.38. The molecule has 1 aliphatic heterocycles. The first kappa shape index (κ1) is 15.2. The van der Waals surface area contributed by atoms with Gasteiger partial charge in [0.1, 0.15) is 4.21 Å².